The van der Waals surface area contributed by atoms with Crippen molar-refractivity contribution in [2.24, 2.45) is 28.6 Å². The summed E-state index contributed by atoms with van der Waals surface area (Å²) in [5, 5.41) is 0. The number of carbonyl (C=O) groups is 2. The van der Waals surface area contributed by atoms with Crippen LogP contribution >= 0.6 is 0 Å². The summed E-state index contributed by atoms with van der Waals surface area (Å²) in [5.41, 5.74) is -0.364. The molecule has 0 unspecified atom stereocenters. The summed E-state index contributed by atoms with van der Waals surface area (Å²) in [7, 11) is 0. The molecule has 5 aliphatic rings. The summed E-state index contributed by atoms with van der Waals surface area (Å²) in [4.78, 5) is 29.8. The van der Waals surface area contributed by atoms with Gasteiger partial charge in [0.1, 0.15) is 0 Å². The van der Waals surface area contributed by atoms with Gasteiger partial charge in [0.2, 0.25) is 11.8 Å². The average Bonchev–Trinajstić information content (AvgIpc) is 2.51. The maximum atomic E-state index is 13.3. The van der Waals surface area contributed by atoms with E-state index in [4.69, 9.17) is 0 Å². The Morgan fingerprint density at radius 1 is 0.792 bits per heavy atom. The molecular weight excluding hydrogens is 300 g/mol. The zero-order chi connectivity index (χ0) is 17.1. The Balaban J connectivity index is 1.41. The lowest BCUT2D eigenvalue weighted by Gasteiger charge is -2.57. The van der Waals surface area contributed by atoms with Gasteiger partial charge in [0, 0.05) is 31.6 Å². The van der Waals surface area contributed by atoms with Crippen LogP contribution in [-0.2, 0) is 9.59 Å². The van der Waals surface area contributed by atoms with Crippen LogP contribution < -0.4 is 0 Å². The Morgan fingerprint density at radius 3 is 1.62 bits per heavy atom. The molecule has 5 fully saturated rings. The molecule has 1 saturated heterocycles. The number of rotatable bonds is 1. The van der Waals surface area contributed by atoms with Crippen molar-refractivity contribution in [3.05, 3.63) is 0 Å². The lowest BCUT2D eigenvalue weighted by atomic mass is 9.49. The van der Waals surface area contributed by atoms with E-state index in [0.29, 0.717) is 19.0 Å². The van der Waals surface area contributed by atoms with E-state index in [2.05, 4.69) is 4.90 Å². The molecule has 0 N–H and O–H groups in total. The van der Waals surface area contributed by atoms with Crippen molar-refractivity contribution in [2.45, 2.75) is 59.3 Å². The molecule has 4 aliphatic carbocycles. The number of amides is 2. The second kappa shape index (κ2) is 5.47. The molecule has 0 radical (unpaired) electrons. The first-order chi connectivity index (χ1) is 11.3. The van der Waals surface area contributed by atoms with Crippen molar-refractivity contribution < 1.29 is 9.59 Å². The van der Waals surface area contributed by atoms with Gasteiger partial charge in [-0.1, -0.05) is 20.8 Å². The first kappa shape index (κ1) is 16.4. The number of piperazine rings is 1. The molecule has 0 atom stereocenters. The van der Waals surface area contributed by atoms with E-state index >= 15 is 0 Å². The highest BCUT2D eigenvalue weighted by atomic mass is 16.2. The van der Waals surface area contributed by atoms with Crippen LogP contribution in [0.25, 0.3) is 0 Å². The third-order valence-electron chi connectivity index (χ3n) is 6.99. The number of hydrogen-bond acceptors (Lipinski definition) is 2. The summed E-state index contributed by atoms with van der Waals surface area (Å²) in [6, 6.07) is 0. The molecule has 1 aliphatic heterocycles. The van der Waals surface area contributed by atoms with Crippen LogP contribution in [0.2, 0.25) is 0 Å². The predicted octanol–water partition coefficient (Wildman–Crippen LogP) is 2.92. The van der Waals surface area contributed by atoms with Crippen molar-refractivity contribution in [2.75, 3.05) is 26.2 Å². The van der Waals surface area contributed by atoms with Crippen LogP contribution in [0, 0.1) is 28.6 Å². The number of nitrogens with zero attached hydrogens (tertiary/aromatic N) is 2. The first-order valence-corrected chi connectivity index (χ1v) is 9.86. The molecule has 134 valence electrons. The smallest absolute Gasteiger partial charge is 0.228 e. The van der Waals surface area contributed by atoms with Crippen LogP contribution in [0.5, 0.6) is 0 Å². The molecule has 4 bridgehead atoms. The third-order valence-corrected chi connectivity index (χ3v) is 6.99. The molecule has 4 nitrogen and oxygen atoms in total. The molecule has 1 heterocycles. The van der Waals surface area contributed by atoms with Crippen LogP contribution in [0.1, 0.15) is 59.3 Å². The summed E-state index contributed by atoms with van der Waals surface area (Å²) < 4.78 is 0. The maximum absolute atomic E-state index is 13.3. The fraction of sp³-hybridized carbons (Fsp3) is 0.900. The normalized spacial score (nSPS) is 38.5. The molecule has 0 spiro atoms. The fourth-order valence-corrected chi connectivity index (χ4v) is 6.29. The molecule has 5 rings (SSSR count). The molecule has 2 amide bonds. The van der Waals surface area contributed by atoms with E-state index in [1.807, 2.05) is 25.7 Å². The number of hydrogen-bond donors (Lipinski definition) is 0. The van der Waals surface area contributed by atoms with Gasteiger partial charge in [0.05, 0.1) is 5.41 Å². The molecule has 4 heteroatoms. The van der Waals surface area contributed by atoms with Crippen LogP contribution in [0.4, 0.5) is 0 Å². The van der Waals surface area contributed by atoms with Gasteiger partial charge >= 0.3 is 0 Å². The highest BCUT2D eigenvalue weighted by molar-refractivity contribution is 5.84. The highest BCUT2D eigenvalue weighted by Crippen LogP contribution is 2.60. The van der Waals surface area contributed by atoms with Crippen molar-refractivity contribution in [3.63, 3.8) is 0 Å². The van der Waals surface area contributed by atoms with Crippen LogP contribution in [-0.4, -0.2) is 47.8 Å². The Labute approximate surface area is 145 Å². The van der Waals surface area contributed by atoms with Gasteiger partial charge in [-0.3, -0.25) is 9.59 Å². The van der Waals surface area contributed by atoms with Gasteiger partial charge in [0.15, 0.2) is 0 Å². The summed E-state index contributed by atoms with van der Waals surface area (Å²) in [6.45, 7) is 8.78. The van der Waals surface area contributed by atoms with E-state index in [9.17, 15) is 9.59 Å². The molecule has 4 saturated carbocycles. The fourth-order valence-electron chi connectivity index (χ4n) is 6.29. The standard InChI is InChI=1S/C20H32N2O2/c1-19(2,3)17(23)21-4-6-22(7-5-21)18(24)20-11-14-8-15(12-20)10-16(9-14)13-20/h14-16H,4-13H2,1-3H3. The Morgan fingerprint density at radius 2 is 1.21 bits per heavy atom. The van der Waals surface area contributed by atoms with Crippen molar-refractivity contribution >= 4 is 11.8 Å². The zero-order valence-corrected chi connectivity index (χ0v) is 15.5. The highest BCUT2D eigenvalue weighted by Gasteiger charge is 2.55. The van der Waals surface area contributed by atoms with E-state index in [1.54, 1.807) is 0 Å². The zero-order valence-electron chi connectivity index (χ0n) is 15.5. The summed E-state index contributed by atoms with van der Waals surface area (Å²) in [5.74, 6) is 3.06. The number of carbonyl (C=O) groups excluding carboxylic acids is 2. The van der Waals surface area contributed by atoms with E-state index in [1.165, 1.54) is 19.3 Å². The third kappa shape index (κ3) is 2.66. The van der Waals surface area contributed by atoms with Crippen LogP contribution in [0.3, 0.4) is 0 Å². The molecule has 0 aromatic heterocycles. The van der Waals surface area contributed by atoms with Gasteiger partial charge < -0.3 is 9.80 Å². The molecule has 24 heavy (non-hydrogen) atoms. The molecule has 0 aromatic rings. The lowest BCUT2D eigenvalue weighted by molar-refractivity contribution is -0.161. The monoisotopic (exact) mass is 332 g/mol. The van der Waals surface area contributed by atoms with Gasteiger partial charge in [0.25, 0.3) is 0 Å². The first-order valence-electron chi connectivity index (χ1n) is 9.86. The van der Waals surface area contributed by atoms with Crippen molar-refractivity contribution in [3.8, 4) is 0 Å². The van der Waals surface area contributed by atoms with Crippen LogP contribution in [0.15, 0.2) is 0 Å². The minimum absolute atomic E-state index is 0.0367. The van der Waals surface area contributed by atoms with Gasteiger partial charge in [-0.25, -0.2) is 0 Å². The molecular formula is C20H32N2O2. The minimum atomic E-state index is -0.327. The summed E-state index contributed by atoms with van der Waals surface area (Å²) >= 11 is 0. The Hall–Kier alpha value is -1.06. The second-order valence-electron chi connectivity index (χ2n) is 10.0. The average molecular weight is 332 g/mol. The molecule has 0 aromatic carbocycles. The van der Waals surface area contributed by atoms with Crippen molar-refractivity contribution in [1.29, 1.82) is 0 Å². The predicted molar refractivity (Wildman–Crippen MR) is 93.2 cm³/mol. The minimum Gasteiger partial charge on any atom is -0.339 e. The maximum Gasteiger partial charge on any atom is 0.228 e. The van der Waals surface area contributed by atoms with E-state index in [0.717, 1.165) is 50.1 Å². The SMILES string of the molecule is CC(C)(C)C(=O)N1CCN(C(=O)C23CC4CC(CC(C4)C2)C3)CC1. The second-order valence-corrected chi connectivity index (χ2v) is 10.0. The quantitative estimate of drug-likeness (QED) is 0.741. The lowest BCUT2D eigenvalue weighted by Crippen LogP contribution is -2.59. The van der Waals surface area contributed by atoms with E-state index in [-0.39, 0.29) is 16.7 Å². The Bertz CT molecular complexity index is 505. The van der Waals surface area contributed by atoms with Gasteiger partial charge in [-0.15, -0.1) is 0 Å². The Kier molecular flexibility index (Phi) is 3.74. The van der Waals surface area contributed by atoms with Gasteiger partial charge in [-0.05, 0) is 56.3 Å². The largest absolute Gasteiger partial charge is 0.339 e. The van der Waals surface area contributed by atoms with Crippen molar-refractivity contribution in [1.82, 2.24) is 9.80 Å². The van der Waals surface area contributed by atoms with E-state index < -0.39 is 0 Å². The topological polar surface area (TPSA) is 40.6 Å². The van der Waals surface area contributed by atoms with Gasteiger partial charge in [-0.2, -0.15) is 0 Å². The summed E-state index contributed by atoms with van der Waals surface area (Å²) in [6.07, 6.45) is 7.54.